The van der Waals surface area contributed by atoms with Crippen LogP contribution in [0.15, 0.2) is 48.5 Å². The topological polar surface area (TPSA) is 63.6 Å². The monoisotopic (exact) mass is 282 g/mol. The number of carboxylic acids is 1. The van der Waals surface area contributed by atoms with E-state index in [4.69, 9.17) is 9.84 Å². The number of esters is 1. The smallest absolute Gasteiger partial charge is 0.335 e. The van der Waals surface area contributed by atoms with E-state index in [0.717, 1.165) is 11.1 Å². The predicted octanol–water partition coefficient (Wildman–Crippen LogP) is 3.48. The lowest BCUT2D eigenvalue weighted by molar-refractivity contribution is -0.131. The molecule has 0 amide bonds. The van der Waals surface area contributed by atoms with Gasteiger partial charge in [-0.3, -0.25) is 4.79 Å². The first-order chi connectivity index (χ1) is 10.0. The summed E-state index contributed by atoms with van der Waals surface area (Å²) in [6.45, 7) is 1.36. The lowest BCUT2D eigenvalue weighted by Gasteiger charge is -2.01. The maximum atomic E-state index is 10.8. The standard InChI is InChI=1S/C17H14O4/c1-12(18)21-16-10-6-14(7-11-16)3-2-13-4-8-15(9-5-13)17(19)20/h2-11H,1H3,(H,19,20)/b3-2+. The first-order valence-corrected chi connectivity index (χ1v) is 6.34. The number of rotatable bonds is 4. The summed E-state index contributed by atoms with van der Waals surface area (Å²) >= 11 is 0. The molecule has 0 unspecified atom stereocenters. The summed E-state index contributed by atoms with van der Waals surface area (Å²) in [4.78, 5) is 21.6. The molecule has 0 spiro atoms. The summed E-state index contributed by atoms with van der Waals surface area (Å²) in [5.74, 6) is -0.783. The average Bonchev–Trinajstić information content (AvgIpc) is 2.46. The highest BCUT2D eigenvalue weighted by Crippen LogP contribution is 2.15. The lowest BCUT2D eigenvalue weighted by Crippen LogP contribution is -2.00. The molecule has 2 rings (SSSR count). The minimum absolute atomic E-state index is 0.262. The van der Waals surface area contributed by atoms with Crippen molar-refractivity contribution in [3.05, 3.63) is 65.2 Å². The largest absolute Gasteiger partial charge is 0.478 e. The van der Waals surface area contributed by atoms with E-state index in [1.54, 1.807) is 36.4 Å². The van der Waals surface area contributed by atoms with Gasteiger partial charge in [0.1, 0.15) is 5.75 Å². The zero-order valence-corrected chi connectivity index (χ0v) is 11.4. The third-order valence-corrected chi connectivity index (χ3v) is 2.77. The van der Waals surface area contributed by atoms with Gasteiger partial charge in [0.05, 0.1) is 5.56 Å². The maximum Gasteiger partial charge on any atom is 0.335 e. The quantitative estimate of drug-likeness (QED) is 0.529. The fourth-order valence-corrected chi connectivity index (χ4v) is 1.74. The van der Waals surface area contributed by atoms with Gasteiger partial charge in [-0.25, -0.2) is 4.79 Å². The molecule has 4 heteroatoms. The van der Waals surface area contributed by atoms with Crippen LogP contribution in [-0.4, -0.2) is 17.0 Å². The molecule has 0 aromatic heterocycles. The molecule has 2 aromatic rings. The molecule has 0 aliphatic carbocycles. The SMILES string of the molecule is CC(=O)Oc1ccc(/C=C/c2ccc(C(=O)O)cc2)cc1. The van der Waals surface area contributed by atoms with Crippen LogP contribution in [0.3, 0.4) is 0 Å². The molecule has 0 saturated heterocycles. The van der Waals surface area contributed by atoms with Crippen LogP contribution in [0.1, 0.15) is 28.4 Å². The number of carbonyl (C=O) groups is 2. The number of hydrogen-bond acceptors (Lipinski definition) is 3. The Bertz CT molecular complexity index is 667. The molecule has 21 heavy (non-hydrogen) atoms. The fourth-order valence-electron chi connectivity index (χ4n) is 1.74. The Balaban J connectivity index is 2.06. The molecular weight excluding hydrogens is 268 g/mol. The number of carboxylic acid groups (broad SMARTS) is 1. The second kappa shape index (κ2) is 6.52. The van der Waals surface area contributed by atoms with Crippen molar-refractivity contribution in [3.8, 4) is 5.75 Å². The van der Waals surface area contributed by atoms with Crippen molar-refractivity contribution in [2.24, 2.45) is 0 Å². The Hall–Kier alpha value is -2.88. The zero-order chi connectivity index (χ0) is 15.2. The van der Waals surface area contributed by atoms with Gasteiger partial charge in [0.25, 0.3) is 0 Å². The van der Waals surface area contributed by atoms with Gasteiger partial charge in [0.15, 0.2) is 0 Å². The fraction of sp³-hybridized carbons (Fsp3) is 0.0588. The summed E-state index contributed by atoms with van der Waals surface area (Å²) in [6, 6.07) is 13.7. The number of ether oxygens (including phenoxy) is 1. The van der Waals surface area contributed by atoms with E-state index in [0.29, 0.717) is 5.75 Å². The Morgan fingerprint density at radius 3 is 1.81 bits per heavy atom. The van der Waals surface area contributed by atoms with Gasteiger partial charge in [0, 0.05) is 6.92 Å². The van der Waals surface area contributed by atoms with Crippen LogP contribution in [0.25, 0.3) is 12.2 Å². The van der Waals surface area contributed by atoms with Crippen molar-refractivity contribution in [2.75, 3.05) is 0 Å². The highest BCUT2D eigenvalue weighted by molar-refractivity contribution is 5.88. The van der Waals surface area contributed by atoms with Crippen molar-refractivity contribution < 1.29 is 19.4 Å². The number of hydrogen-bond donors (Lipinski definition) is 1. The minimum Gasteiger partial charge on any atom is -0.478 e. The number of benzene rings is 2. The molecule has 4 nitrogen and oxygen atoms in total. The predicted molar refractivity (Wildman–Crippen MR) is 80.1 cm³/mol. The zero-order valence-electron chi connectivity index (χ0n) is 11.4. The second-order valence-electron chi connectivity index (χ2n) is 4.42. The van der Waals surface area contributed by atoms with Gasteiger partial charge in [0.2, 0.25) is 0 Å². The summed E-state index contributed by atoms with van der Waals surface area (Å²) in [7, 11) is 0. The summed E-state index contributed by atoms with van der Waals surface area (Å²) in [5, 5.41) is 8.82. The molecule has 106 valence electrons. The first kappa shape index (κ1) is 14.5. The van der Waals surface area contributed by atoms with Crippen LogP contribution in [0.5, 0.6) is 5.75 Å². The van der Waals surface area contributed by atoms with Gasteiger partial charge >= 0.3 is 11.9 Å². The Labute approximate surface area is 122 Å². The molecule has 0 fully saturated rings. The van der Waals surface area contributed by atoms with Gasteiger partial charge in [-0.2, -0.15) is 0 Å². The van der Waals surface area contributed by atoms with E-state index in [-0.39, 0.29) is 11.5 Å². The molecule has 0 bridgehead atoms. The normalized spacial score (nSPS) is 10.5. The van der Waals surface area contributed by atoms with E-state index < -0.39 is 5.97 Å². The van der Waals surface area contributed by atoms with Crippen molar-refractivity contribution in [1.29, 1.82) is 0 Å². The van der Waals surface area contributed by atoms with Crippen LogP contribution in [0, 0.1) is 0 Å². The van der Waals surface area contributed by atoms with Crippen molar-refractivity contribution >= 4 is 24.1 Å². The third kappa shape index (κ3) is 4.31. The van der Waals surface area contributed by atoms with Crippen molar-refractivity contribution in [3.63, 3.8) is 0 Å². The van der Waals surface area contributed by atoms with Crippen LogP contribution in [0.2, 0.25) is 0 Å². The Kier molecular flexibility index (Phi) is 4.51. The molecule has 0 aliphatic heterocycles. The summed E-state index contributed by atoms with van der Waals surface area (Å²) < 4.78 is 4.95. The average molecular weight is 282 g/mol. The van der Waals surface area contributed by atoms with Crippen LogP contribution in [0.4, 0.5) is 0 Å². The van der Waals surface area contributed by atoms with Crippen LogP contribution in [-0.2, 0) is 4.79 Å². The molecule has 2 aromatic carbocycles. The summed E-state index contributed by atoms with van der Waals surface area (Å²) in [5.41, 5.74) is 2.12. The molecule has 0 saturated carbocycles. The molecule has 0 radical (unpaired) electrons. The maximum absolute atomic E-state index is 10.8. The summed E-state index contributed by atoms with van der Waals surface area (Å²) in [6.07, 6.45) is 3.78. The van der Waals surface area contributed by atoms with Crippen LogP contribution >= 0.6 is 0 Å². The minimum atomic E-state index is -0.938. The van der Waals surface area contributed by atoms with E-state index in [1.807, 2.05) is 24.3 Å². The molecular formula is C17H14O4. The van der Waals surface area contributed by atoms with Crippen molar-refractivity contribution in [2.45, 2.75) is 6.92 Å². The van der Waals surface area contributed by atoms with Gasteiger partial charge in [-0.05, 0) is 35.4 Å². The lowest BCUT2D eigenvalue weighted by atomic mass is 10.1. The van der Waals surface area contributed by atoms with Crippen molar-refractivity contribution in [1.82, 2.24) is 0 Å². The van der Waals surface area contributed by atoms with Gasteiger partial charge in [-0.15, -0.1) is 0 Å². The highest BCUT2D eigenvalue weighted by Gasteiger charge is 2.00. The van der Waals surface area contributed by atoms with Gasteiger partial charge < -0.3 is 9.84 Å². The Morgan fingerprint density at radius 1 is 0.905 bits per heavy atom. The van der Waals surface area contributed by atoms with E-state index in [9.17, 15) is 9.59 Å². The number of aromatic carboxylic acids is 1. The van der Waals surface area contributed by atoms with E-state index in [2.05, 4.69) is 0 Å². The van der Waals surface area contributed by atoms with E-state index >= 15 is 0 Å². The molecule has 0 heterocycles. The molecule has 0 atom stereocenters. The highest BCUT2D eigenvalue weighted by atomic mass is 16.5. The second-order valence-corrected chi connectivity index (χ2v) is 4.42. The molecule has 1 N–H and O–H groups in total. The van der Waals surface area contributed by atoms with Gasteiger partial charge in [-0.1, -0.05) is 36.4 Å². The third-order valence-electron chi connectivity index (χ3n) is 2.77. The van der Waals surface area contributed by atoms with E-state index in [1.165, 1.54) is 6.92 Å². The first-order valence-electron chi connectivity index (χ1n) is 6.34. The molecule has 0 aliphatic rings. The number of carbonyl (C=O) groups excluding carboxylic acids is 1. The van der Waals surface area contributed by atoms with Crippen LogP contribution < -0.4 is 4.74 Å². The Morgan fingerprint density at radius 2 is 1.38 bits per heavy atom.